The second kappa shape index (κ2) is 6.19. The third-order valence-electron chi connectivity index (χ3n) is 5.34. The van der Waals surface area contributed by atoms with Crippen molar-refractivity contribution < 1.29 is 28.9 Å². The minimum Gasteiger partial charge on any atom is -0.493 e. The summed E-state index contributed by atoms with van der Waals surface area (Å²) in [6.07, 6.45) is 0. The lowest BCUT2D eigenvalue weighted by Gasteiger charge is -2.34. The summed E-state index contributed by atoms with van der Waals surface area (Å²) in [4.78, 5) is 25.4. The van der Waals surface area contributed by atoms with E-state index in [1.807, 2.05) is 12.1 Å². The van der Waals surface area contributed by atoms with Gasteiger partial charge < -0.3 is 24.6 Å². The van der Waals surface area contributed by atoms with Gasteiger partial charge >= 0.3 is 5.97 Å². The molecule has 0 amide bonds. The number of anilines is 1. The summed E-state index contributed by atoms with van der Waals surface area (Å²) >= 11 is 0. The Morgan fingerprint density at radius 3 is 2.37 bits per heavy atom. The van der Waals surface area contributed by atoms with E-state index in [1.165, 1.54) is 21.3 Å². The van der Waals surface area contributed by atoms with Gasteiger partial charge in [0, 0.05) is 5.69 Å². The van der Waals surface area contributed by atoms with E-state index in [0.717, 1.165) is 0 Å². The topological polar surface area (TPSA) is 94.1 Å². The van der Waals surface area contributed by atoms with Crippen molar-refractivity contribution in [1.29, 1.82) is 0 Å². The molecule has 7 heteroatoms. The highest BCUT2D eigenvalue weighted by Crippen LogP contribution is 2.56. The molecule has 2 aromatic rings. The summed E-state index contributed by atoms with van der Waals surface area (Å²) < 4.78 is 16.3. The number of aliphatic carboxylic acids is 1. The molecule has 0 saturated carbocycles. The number of methoxy groups -OCH3 is 3. The number of hydrogen-bond donors (Lipinski definition) is 2. The van der Waals surface area contributed by atoms with Gasteiger partial charge in [-0.1, -0.05) is 18.2 Å². The lowest BCUT2D eigenvalue weighted by Crippen LogP contribution is -2.35. The normalized spacial score (nSPS) is 22.2. The summed E-state index contributed by atoms with van der Waals surface area (Å²) in [5, 5.41) is 13.2. The second-order valence-corrected chi connectivity index (χ2v) is 6.52. The number of rotatable bonds is 4. The Labute approximate surface area is 155 Å². The fourth-order valence-electron chi connectivity index (χ4n) is 4.24. The molecule has 0 saturated heterocycles. The first-order valence-corrected chi connectivity index (χ1v) is 8.48. The summed E-state index contributed by atoms with van der Waals surface area (Å²) in [7, 11) is 4.42. The third-order valence-corrected chi connectivity index (χ3v) is 5.34. The summed E-state index contributed by atoms with van der Waals surface area (Å²) in [6, 6.07) is 8.40. The number of carbonyl (C=O) groups is 2. The number of hydrogen-bond acceptors (Lipinski definition) is 6. The average Bonchev–Trinajstić information content (AvgIpc) is 2.96. The van der Waals surface area contributed by atoms with Crippen molar-refractivity contribution in [2.24, 2.45) is 5.92 Å². The van der Waals surface area contributed by atoms with Crippen LogP contribution in [-0.2, 0) is 4.79 Å². The molecule has 0 unspecified atom stereocenters. The zero-order valence-electron chi connectivity index (χ0n) is 15.1. The molecule has 2 aromatic carbocycles. The van der Waals surface area contributed by atoms with Crippen LogP contribution in [0.15, 0.2) is 30.3 Å². The third kappa shape index (κ3) is 2.27. The van der Waals surface area contributed by atoms with Crippen molar-refractivity contribution in [2.45, 2.75) is 12.0 Å². The Balaban J connectivity index is 1.97. The highest BCUT2D eigenvalue weighted by atomic mass is 16.5. The van der Waals surface area contributed by atoms with Crippen LogP contribution in [0, 0.1) is 5.92 Å². The van der Waals surface area contributed by atoms with Crippen molar-refractivity contribution in [1.82, 2.24) is 0 Å². The fourth-order valence-corrected chi connectivity index (χ4v) is 4.24. The molecule has 27 heavy (non-hydrogen) atoms. The largest absolute Gasteiger partial charge is 0.493 e. The molecule has 140 valence electrons. The maximum atomic E-state index is 13.3. The SMILES string of the molecule is COc1cc2c(c(OC)c1OC)C(=O)[C@@H]1[C@H]2Nc2ccccc2[C@@H]1C(=O)O. The number of carbonyl (C=O) groups excluding carboxylic acids is 1. The maximum absolute atomic E-state index is 13.3. The molecule has 2 aliphatic rings. The van der Waals surface area contributed by atoms with Gasteiger partial charge in [-0.3, -0.25) is 9.59 Å². The maximum Gasteiger partial charge on any atom is 0.311 e. The van der Waals surface area contributed by atoms with E-state index in [4.69, 9.17) is 14.2 Å². The molecule has 0 aromatic heterocycles. The summed E-state index contributed by atoms with van der Waals surface area (Å²) in [6.45, 7) is 0. The van der Waals surface area contributed by atoms with Crippen molar-refractivity contribution in [3.8, 4) is 17.2 Å². The molecule has 1 aliphatic carbocycles. The second-order valence-electron chi connectivity index (χ2n) is 6.52. The molecule has 1 heterocycles. The van der Waals surface area contributed by atoms with Crippen LogP contribution in [0.2, 0.25) is 0 Å². The number of nitrogens with one attached hydrogen (secondary N) is 1. The van der Waals surface area contributed by atoms with Gasteiger partial charge in [-0.25, -0.2) is 0 Å². The number of carboxylic acid groups (broad SMARTS) is 1. The minimum absolute atomic E-state index is 0.265. The molecule has 3 atom stereocenters. The van der Waals surface area contributed by atoms with Gasteiger partial charge in [0.05, 0.1) is 44.8 Å². The lowest BCUT2D eigenvalue weighted by atomic mass is 9.77. The number of benzene rings is 2. The molecule has 1 aliphatic heterocycles. The highest BCUT2D eigenvalue weighted by Gasteiger charge is 2.52. The molecular formula is C20H19NO6. The first-order chi connectivity index (χ1) is 13.0. The van der Waals surface area contributed by atoms with Crippen LogP contribution < -0.4 is 19.5 Å². The van der Waals surface area contributed by atoms with E-state index in [-0.39, 0.29) is 11.5 Å². The molecule has 7 nitrogen and oxygen atoms in total. The van der Waals surface area contributed by atoms with Gasteiger partial charge in [0.1, 0.15) is 0 Å². The molecular weight excluding hydrogens is 350 g/mol. The number of ether oxygens (including phenoxy) is 3. The minimum atomic E-state index is -1.03. The standard InChI is InChI=1S/C20H19NO6/c1-25-12-8-10-14(19(27-3)18(12)26-2)17(22)15-13(20(23)24)9-6-4-5-7-11(9)21-16(10)15/h4-8,13,15-16,21H,1-3H3,(H,23,24)/t13-,15-,16-/m0/s1. The number of ketones is 1. The van der Waals surface area contributed by atoms with Crippen LogP contribution in [0.25, 0.3) is 0 Å². The monoisotopic (exact) mass is 369 g/mol. The number of para-hydroxylation sites is 1. The number of fused-ring (bicyclic) bond motifs is 4. The van der Waals surface area contributed by atoms with Gasteiger partial charge in [-0.15, -0.1) is 0 Å². The highest BCUT2D eigenvalue weighted by molar-refractivity contribution is 6.10. The smallest absolute Gasteiger partial charge is 0.311 e. The Kier molecular flexibility index (Phi) is 3.95. The zero-order chi connectivity index (χ0) is 19.3. The molecule has 4 rings (SSSR count). The average molecular weight is 369 g/mol. The van der Waals surface area contributed by atoms with Gasteiger partial charge in [-0.05, 0) is 23.3 Å². The van der Waals surface area contributed by atoms with Crippen molar-refractivity contribution in [3.05, 3.63) is 47.0 Å². The molecule has 0 radical (unpaired) electrons. The number of carboxylic acids is 1. The zero-order valence-corrected chi connectivity index (χ0v) is 15.1. The summed E-state index contributed by atoms with van der Waals surface area (Å²) in [5.41, 5.74) is 2.31. The van der Waals surface area contributed by atoms with E-state index in [0.29, 0.717) is 33.9 Å². The van der Waals surface area contributed by atoms with Gasteiger partial charge in [0.25, 0.3) is 0 Å². The van der Waals surface area contributed by atoms with E-state index in [2.05, 4.69) is 5.32 Å². The van der Waals surface area contributed by atoms with Crippen molar-refractivity contribution >= 4 is 17.4 Å². The predicted molar refractivity (Wildman–Crippen MR) is 97.1 cm³/mol. The first-order valence-electron chi connectivity index (χ1n) is 8.48. The molecule has 2 N–H and O–H groups in total. The molecule has 0 spiro atoms. The Morgan fingerprint density at radius 1 is 1.04 bits per heavy atom. The van der Waals surface area contributed by atoms with Crippen molar-refractivity contribution in [3.63, 3.8) is 0 Å². The van der Waals surface area contributed by atoms with Crippen LogP contribution in [0.1, 0.15) is 33.4 Å². The fraction of sp³-hybridized carbons (Fsp3) is 0.300. The van der Waals surface area contributed by atoms with Crippen molar-refractivity contribution in [2.75, 3.05) is 26.6 Å². The van der Waals surface area contributed by atoms with Gasteiger partial charge in [0.15, 0.2) is 17.3 Å². The number of Topliss-reactive ketones (excluding diaryl/α,β-unsaturated/α-hetero) is 1. The first kappa shape index (κ1) is 17.2. The Bertz CT molecular complexity index is 954. The van der Waals surface area contributed by atoms with Crippen LogP contribution in [0.3, 0.4) is 0 Å². The van der Waals surface area contributed by atoms with Gasteiger partial charge in [0.2, 0.25) is 5.75 Å². The van der Waals surface area contributed by atoms with E-state index < -0.39 is 23.8 Å². The Hall–Kier alpha value is -3.22. The van der Waals surface area contributed by atoms with E-state index in [1.54, 1.807) is 18.2 Å². The quantitative estimate of drug-likeness (QED) is 0.856. The molecule has 0 fully saturated rings. The van der Waals surface area contributed by atoms with Crippen LogP contribution in [-0.4, -0.2) is 38.2 Å². The summed E-state index contributed by atoms with van der Waals surface area (Å²) in [5.74, 6) is -2.03. The van der Waals surface area contributed by atoms with E-state index in [9.17, 15) is 14.7 Å². The Morgan fingerprint density at radius 2 is 1.74 bits per heavy atom. The van der Waals surface area contributed by atoms with E-state index >= 15 is 0 Å². The van der Waals surface area contributed by atoms with Crippen LogP contribution >= 0.6 is 0 Å². The predicted octanol–water partition coefficient (Wildman–Crippen LogP) is 2.86. The molecule has 0 bridgehead atoms. The van der Waals surface area contributed by atoms with Crippen LogP contribution in [0.4, 0.5) is 5.69 Å². The van der Waals surface area contributed by atoms with Crippen LogP contribution in [0.5, 0.6) is 17.2 Å². The van der Waals surface area contributed by atoms with Gasteiger partial charge in [-0.2, -0.15) is 0 Å². The lowest BCUT2D eigenvalue weighted by molar-refractivity contribution is -0.140.